The van der Waals surface area contributed by atoms with Gasteiger partial charge in [-0.25, -0.2) is 21.1 Å². The first-order valence-electron chi connectivity index (χ1n) is 14.3. The van der Waals surface area contributed by atoms with Crippen molar-refractivity contribution < 1.29 is 36.2 Å². The van der Waals surface area contributed by atoms with Crippen molar-refractivity contribution in [3.63, 3.8) is 0 Å². The van der Waals surface area contributed by atoms with E-state index in [1.807, 2.05) is 0 Å². The van der Waals surface area contributed by atoms with E-state index < -0.39 is 42.6 Å². The lowest BCUT2D eigenvalue weighted by molar-refractivity contribution is -0.0312. The van der Waals surface area contributed by atoms with Crippen LogP contribution in [0.4, 0.5) is 5.69 Å². The quantitative estimate of drug-likeness (QED) is 0.407. The van der Waals surface area contributed by atoms with Crippen LogP contribution in [0.1, 0.15) is 42.5 Å². The van der Waals surface area contributed by atoms with Crippen LogP contribution in [-0.2, 0) is 24.6 Å². The zero-order chi connectivity index (χ0) is 29.5. The second kappa shape index (κ2) is 11.4. The molecule has 2 saturated heterocycles. The summed E-state index contributed by atoms with van der Waals surface area (Å²) < 4.78 is 64.9. The molecule has 1 aliphatic carbocycles. The second-order valence-corrected chi connectivity index (χ2v) is 15.8. The summed E-state index contributed by atoms with van der Waals surface area (Å²) in [5, 5.41) is 12.2. The van der Waals surface area contributed by atoms with E-state index in [1.54, 1.807) is 42.5 Å². The molecule has 0 radical (unpaired) electrons. The van der Waals surface area contributed by atoms with E-state index >= 15 is 0 Å². The van der Waals surface area contributed by atoms with Crippen molar-refractivity contribution in [3.8, 4) is 5.75 Å². The highest BCUT2D eigenvalue weighted by molar-refractivity contribution is 7.92. The smallest absolute Gasteiger partial charge is 0.229 e. The molecule has 3 atom stereocenters. The summed E-state index contributed by atoms with van der Waals surface area (Å²) in [5.41, 5.74) is 0.336. The first-order chi connectivity index (χ1) is 20.1. The number of sulfonamides is 1. The van der Waals surface area contributed by atoms with Gasteiger partial charge >= 0.3 is 0 Å². The molecule has 2 aromatic rings. The molecule has 0 aromatic heterocycles. The van der Waals surface area contributed by atoms with Crippen LogP contribution in [0, 0.1) is 0 Å². The number of carbonyl (C=O) groups is 1. The largest absolute Gasteiger partial charge is 0.491 e. The van der Waals surface area contributed by atoms with E-state index in [9.17, 15) is 26.7 Å². The van der Waals surface area contributed by atoms with Gasteiger partial charge in [0.2, 0.25) is 10.0 Å². The van der Waals surface area contributed by atoms with Crippen LogP contribution in [0.25, 0.3) is 0 Å². The number of para-hydroxylation sites is 1. The van der Waals surface area contributed by atoms with Gasteiger partial charge in [-0.2, -0.15) is 0 Å². The summed E-state index contributed by atoms with van der Waals surface area (Å²) in [6, 6.07) is 13.1. The summed E-state index contributed by atoms with van der Waals surface area (Å²) >= 11 is 0. The van der Waals surface area contributed by atoms with Gasteiger partial charge in [0.25, 0.3) is 0 Å². The third-order valence-electron chi connectivity index (χ3n) is 8.48. The highest BCUT2D eigenvalue weighted by Gasteiger charge is 2.47. The van der Waals surface area contributed by atoms with Gasteiger partial charge in [0.15, 0.2) is 20.9 Å². The van der Waals surface area contributed by atoms with Crippen LogP contribution in [0.5, 0.6) is 5.75 Å². The molecule has 2 aromatic carbocycles. The third-order valence-corrected chi connectivity index (χ3v) is 12.8. The zero-order valence-corrected chi connectivity index (χ0v) is 24.7. The number of carbonyl (C=O) groups excluding carboxylic acids is 1. The third kappa shape index (κ3) is 5.90. The predicted molar refractivity (Wildman–Crippen MR) is 156 cm³/mol. The zero-order valence-electron chi connectivity index (χ0n) is 23.1. The fraction of sp³-hybridized carbons (Fsp3) is 0.517. The molecule has 6 rings (SSSR count). The molecule has 4 aliphatic rings. The first-order valence-corrected chi connectivity index (χ1v) is 17.3. The molecule has 11 nitrogen and oxygen atoms in total. The van der Waals surface area contributed by atoms with Crippen LogP contribution in [-0.4, -0.2) is 99.3 Å². The molecule has 2 N–H and O–H groups in total. The Hall–Kier alpha value is -2.68. The SMILES string of the molecule is O=C1c2ccccc2N=CC1S(=O)(=O)N1CCC2(CC1)C[C@@H](NC[C@H](O)COc1cccc(S(=O)(=O)C3CC3)c1)CO2. The van der Waals surface area contributed by atoms with Crippen molar-refractivity contribution in [1.29, 1.82) is 0 Å². The topological polar surface area (TPSA) is 152 Å². The molecule has 13 heteroatoms. The van der Waals surface area contributed by atoms with Crippen molar-refractivity contribution in [2.24, 2.45) is 4.99 Å². The molecular weight excluding hydrogens is 582 g/mol. The van der Waals surface area contributed by atoms with Crippen LogP contribution < -0.4 is 10.1 Å². The monoisotopic (exact) mass is 617 g/mol. The standard InChI is InChI=1S/C29H35N3O8S2/c33-21(19-39-22-4-3-5-24(14-22)41(35,36)23-8-9-23)16-30-20-15-29(40-18-20)10-12-32(13-11-29)42(37,38)27-17-31-26-7-2-1-6-25(26)28(27)34/h1-7,14,17,20-21,23,27,30,33H,8-13,15-16,18-19H2/t20-,21+,27?/m1/s1. The second-order valence-electron chi connectivity index (χ2n) is 11.5. The maximum absolute atomic E-state index is 13.4. The summed E-state index contributed by atoms with van der Waals surface area (Å²) in [6.45, 7) is 1.20. The number of benzene rings is 2. The van der Waals surface area contributed by atoms with Gasteiger partial charge in [0.05, 0.1) is 28.0 Å². The van der Waals surface area contributed by atoms with Crippen molar-refractivity contribution in [3.05, 3.63) is 54.1 Å². The summed E-state index contributed by atoms with van der Waals surface area (Å²) in [7, 11) is -7.24. The number of aliphatic hydroxyl groups is 1. The molecule has 0 amide bonds. The lowest BCUT2D eigenvalue weighted by atomic mass is 9.88. The predicted octanol–water partition coefficient (Wildman–Crippen LogP) is 1.87. The highest BCUT2D eigenvalue weighted by Crippen LogP contribution is 2.38. The fourth-order valence-electron chi connectivity index (χ4n) is 5.87. The van der Waals surface area contributed by atoms with E-state index in [1.165, 1.54) is 16.6 Å². The number of hydrogen-bond donors (Lipinski definition) is 2. The lowest BCUT2D eigenvalue weighted by Gasteiger charge is -2.39. The van der Waals surface area contributed by atoms with Gasteiger partial charge in [0, 0.05) is 37.5 Å². The number of ketones is 1. The average molecular weight is 618 g/mol. The number of aliphatic imine (C=N–C) groups is 1. The molecule has 0 bridgehead atoms. The van der Waals surface area contributed by atoms with E-state index in [4.69, 9.17) is 9.47 Å². The van der Waals surface area contributed by atoms with Gasteiger partial charge in [-0.05, 0) is 62.4 Å². The van der Waals surface area contributed by atoms with Crippen LogP contribution in [0.2, 0.25) is 0 Å². The summed E-state index contributed by atoms with van der Waals surface area (Å²) in [5.74, 6) is -0.0631. The number of rotatable bonds is 10. The van der Waals surface area contributed by atoms with E-state index in [2.05, 4.69) is 10.3 Å². The van der Waals surface area contributed by atoms with E-state index in [-0.39, 0.29) is 42.4 Å². The van der Waals surface area contributed by atoms with Gasteiger partial charge < -0.3 is 19.9 Å². The Morgan fingerprint density at radius 2 is 1.86 bits per heavy atom. The molecule has 1 spiro atoms. The van der Waals surface area contributed by atoms with Crippen LogP contribution >= 0.6 is 0 Å². The van der Waals surface area contributed by atoms with Crippen LogP contribution in [0.15, 0.2) is 58.4 Å². The Labute approximate surface area is 245 Å². The minimum atomic E-state index is -3.92. The fourth-order valence-corrected chi connectivity index (χ4v) is 9.19. The number of sulfone groups is 1. The van der Waals surface area contributed by atoms with Gasteiger partial charge in [-0.3, -0.25) is 9.79 Å². The van der Waals surface area contributed by atoms with Crippen molar-refractivity contribution in [2.45, 2.75) is 65.2 Å². The molecule has 3 fully saturated rings. The Balaban J connectivity index is 0.965. The average Bonchev–Trinajstić information content (AvgIpc) is 3.79. The minimum absolute atomic E-state index is 0.000859. The Morgan fingerprint density at radius 3 is 2.62 bits per heavy atom. The molecule has 42 heavy (non-hydrogen) atoms. The van der Waals surface area contributed by atoms with Crippen molar-refractivity contribution in [2.75, 3.05) is 32.8 Å². The maximum atomic E-state index is 13.4. The minimum Gasteiger partial charge on any atom is -0.491 e. The number of fused-ring (bicyclic) bond motifs is 1. The van der Waals surface area contributed by atoms with Crippen LogP contribution in [0.3, 0.4) is 0 Å². The van der Waals surface area contributed by atoms with Gasteiger partial charge in [0.1, 0.15) is 18.5 Å². The van der Waals surface area contributed by atoms with Gasteiger partial charge in [-0.1, -0.05) is 18.2 Å². The Kier molecular flexibility index (Phi) is 8.00. The number of ether oxygens (including phenoxy) is 2. The maximum Gasteiger partial charge on any atom is 0.229 e. The Bertz CT molecular complexity index is 1580. The Morgan fingerprint density at radius 1 is 1.10 bits per heavy atom. The molecule has 3 heterocycles. The first kappa shape index (κ1) is 29.4. The number of piperidine rings is 1. The molecule has 1 unspecified atom stereocenters. The number of aliphatic hydroxyl groups excluding tert-OH is 1. The normalized spacial score (nSPS) is 24.9. The van der Waals surface area contributed by atoms with Crippen molar-refractivity contribution in [1.82, 2.24) is 9.62 Å². The van der Waals surface area contributed by atoms with Gasteiger partial charge in [-0.15, -0.1) is 0 Å². The van der Waals surface area contributed by atoms with Crippen molar-refractivity contribution >= 4 is 37.5 Å². The number of hydrogen-bond acceptors (Lipinski definition) is 10. The lowest BCUT2D eigenvalue weighted by Crippen LogP contribution is -2.51. The van der Waals surface area contributed by atoms with E-state index in [0.29, 0.717) is 55.7 Å². The number of Topliss-reactive ketones (excluding diaryl/α,β-unsaturated/α-hetero) is 1. The van der Waals surface area contributed by atoms with E-state index in [0.717, 1.165) is 0 Å². The molecular formula is C29H35N3O8S2. The molecule has 1 saturated carbocycles. The molecule has 3 aliphatic heterocycles. The summed E-state index contributed by atoms with van der Waals surface area (Å²) in [6.07, 6.45) is 3.47. The molecule has 226 valence electrons. The number of nitrogens with one attached hydrogen (secondary N) is 1. The summed E-state index contributed by atoms with van der Waals surface area (Å²) in [4.78, 5) is 17.4. The number of nitrogens with zero attached hydrogens (tertiary/aromatic N) is 2. The highest BCUT2D eigenvalue weighted by atomic mass is 32.2.